The molecule has 0 aromatic carbocycles. The lowest BCUT2D eigenvalue weighted by atomic mass is 10.0. The normalized spacial score (nSPS) is 16.3. The molecule has 15 heavy (non-hydrogen) atoms. The molecule has 80 valence electrons. The maximum atomic E-state index is 11.9. The molecule has 1 amide bonds. The van der Waals surface area contributed by atoms with Gasteiger partial charge in [0.25, 0.3) is 5.91 Å². The predicted molar refractivity (Wildman–Crippen MR) is 62.2 cm³/mol. The van der Waals surface area contributed by atoms with Crippen LogP contribution in [0.1, 0.15) is 16.2 Å². The second kappa shape index (κ2) is 4.31. The van der Waals surface area contributed by atoms with Gasteiger partial charge in [0.15, 0.2) is 0 Å². The predicted octanol–water partition coefficient (Wildman–Crippen LogP) is 1.86. The fraction of sp³-hybridized carbons (Fsp3) is 0.455. The number of amides is 1. The van der Waals surface area contributed by atoms with Crippen molar-refractivity contribution in [1.29, 1.82) is 0 Å². The molecule has 3 nitrogen and oxygen atoms in total. The number of carbonyl (C=O) groups is 1. The highest BCUT2D eigenvalue weighted by atomic mass is 79.9. The summed E-state index contributed by atoms with van der Waals surface area (Å²) in [6.07, 6.45) is 0. The summed E-state index contributed by atoms with van der Waals surface area (Å²) in [7, 11) is 0. The van der Waals surface area contributed by atoms with E-state index in [1.807, 2.05) is 24.0 Å². The third-order valence-corrected chi connectivity index (χ3v) is 3.49. The largest absolute Gasteiger partial charge is 0.337 e. The number of aromatic nitrogens is 1. The number of rotatable bonds is 2. The second-order valence-corrected chi connectivity index (χ2v) is 4.54. The minimum atomic E-state index is 0.0518. The van der Waals surface area contributed by atoms with Gasteiger partial charge in [-0.1, -0.05) is 22.0 Å². The van der Waals surface area contributed by atoms with Crippen molar-refractivity contribution < 1.29 is 4.79 Å². The van der Waals surface area contributed by atoms with E-state index >= 15 is 0 Å². The molecule has 0 bridgehead atoms. The molecule has 0 radical (unpaired) electrons. The summed E-state index contributed by atoms with van der Waals surface area (Å²) in [5, 5.41) is 0.970. The van der Waals surface area contributed by atoms with Crippen LogP contribution in [0.25, 0.3) is 0 Å². The van der Waals surface area contributed by atoms with Crippen molar-refractivity contribution >= 4 is 21.8 Å². The van der Waals surface area contributed by atoms with E-state index in [0.717, 1.165) is 24.1 Å². The van der Waals surface area contributed by atoms with Crippen molar-refractivity contribution in [2.75, 3.05) is 18.4 Å². The highest BCUT2D eigenvalue weighted by Crippen LogP contribution is 2.19. The van der Waals surface area contributed by atoms with Crippen LogP contribution in [-0.2, 0) is 0 Å². The monoisotopic (exact) mass is 268 g/mol. The molecule has 0 spiro atoms. The highest BCUT2D eigenvalue weighted by molar-refractivity contribution is 9.09. The van der Waals surface area contributed by atoms with Gasteiger partial charge >= 0.3 is 0 Å². The lowest BCUT2D eigenvalue weighted by molar-refractivity contribution is 0.0533. The zero-order valence-electron chi connectivity index (χ0n) is 8.61. The Bertz CT molecular complexity index is 375. The zero-order valence-corrected chi connectivity index (χ0v) is 10.2. The van der Waals surface area contributed by atoms with Gasteiger partial charge in [-0.25, -0.2) is 4.98 Å². The molecule has 2 heterocycles. The van der Waals surface area contributed by atoms with Crippen molar-refractivity contribution in [2.24, 2.45) is 5.92 Å². The van der Waals surface area contributed by atoms with Gasteiger partial charge in [0.1, 0.15) is 5.69 Å². The van der Waals surface area contributed by atoms with Gasteiger partial charge in [0.05, 0.1) is 0 Å². The van der Waals surface area contributed by atoms with Gasteiger partial charge in [-0.3, -0.25) is 4.79 Å². The third-order valence-electron chi connectivity index (χ3n) is 2.57. The van der Waals surface area contributed by atoms with Crippen LogP contribution in [0.15, 0.2) is 18.2 Å². The van der Waals surface area contributed by atoms with E-state index < -0.39 is 0 Å². The molecule has 1 fully saturated rings. The standard InChI is InChI=1S/C11H13BrN2O/c1-8-3-2-4-10(13-8)11(15)14-6-9(5-12)7-14/h2-4,9H,5-7H2,1H3. The Morgan fingerprint density at radius 1 is 1.60 bits per heavy atom. The molecule has 0 unspecified atom stereocenters. The summed E-state index contributed by atoms with van der Waals surface area (Å²) in [6.45, 7) is 3.59. The molecule has 4 heteroatoms. The molecule has 0 saturated carbocycles. The van der Waals surface area contributed by atoms with E-state index in [0.29, 0.717) is 11.6 Å². The van der Waals surface area contributed by atoms with E-state index in [9.17, 15) is 4.79 Å². The fourth-order valence-corrected chi connectivity index (χ4v) is 2.07. The SMILES string of the molecule is Cc1cccc(C(=O)N2CC(CBr)C2)n1. The molecular formula is C11H13BrN2O. The zero-order chi connectivity index (χ0) is 10.8. The number of alkyl halides is 1. The Morgan fingerprint density at radius 2 is 2.33 bits per heavy atom. The first-order chi connectivity index (χ1) is 7.20. The molecule has 1 aliphatic rings. The van der Waals surface area contributed by atoms with E-state index in [1.54, 1.807) is 6.07 Å². The average molecular weight is 269 g/mol. The van der Waals surface area contributed by atoms with E-state index in [1.165, 1.54) is 0 Å². The fourth-order valence-electron chi connectivity index (χ4n) is 1.66. The lowest BCUT2D eigenvalue weighted by Gasteiger charge is -2.38. The Labute approximate surface area is 97.6 Å². The summed E-state index contributed by atoms with van der Waals surface area (Å²) in [4.78, 5) is 18.0. The number of aryl methyl sites for hydroxylation is 1. The number of halogens is 1. The highest BCUT2D eigenvalue weighted by Gasteiger charge is 2.30. The quantitative estimate of drug-likeness (QED) is 0.768. The second-order valence-electron chi connectivity index (χ2n) is 3.89. The summed E-state index contributed by atoms with van der Waals surface area (Å²) in [6, 6.07) is 5.54. The third kappa shape index (κ3) is 2.20. The van der Waals surface area contributed by atoms with Crippen LogP contribution in [0, 0.1) is 12.8 Å². The smallest absolute Gasteiger partial charge is 0.272 e. The molecule has 1 aromatic rings. The van der Waals surface area contributed by atoms with E-state index in [2.05, 4.69) is 20.9 Å². The van der Waals surface area contributed by atoms with Crippen LogP contribution < -0.4 is 0 Å². The topological polar surface area (TPSA) is 33.2 Å². The molecule has 0 atom stereocenters. The maximum Gasteiger partial charge on any atom is 0.272 e. The maximum absolute atomic E-state index is 11.9. The van der Waals surface area contributed by atoms with Crippen LogP contribution in [0.2, 0.25) is 0 Å². The Morgan fingerprint density at radius 3 is 2.93 bits per heavy atom. The Hall–Kier alpha value is -0.900. The molecular weight excluding hydrogens is 256 g/mol. The Balaban J connectivity index is 2.03. The van der Waals surface area contributed by atoms with E-state index in [-0.39, 0.29) is 5.91 Å². The first-order valence-corrected chi connectivity index (χ1v) is 6.11. The Kier molecular flexibility index (Phi) is 3.05. The van der Waals surface area contributed by atoms with Crippen molar-refractivity contribution in [3.05, 3.63) is 29.6 Å². The summed E-state index contributed by atoms with van der Waals surface area (Å²) < 4.78 is 0. The van der Waals surface area contributed by atoms with Gasteiger partial charge in [-0.2, -0.15) is 0 Å². The number of likely N-dealkylation sites (tertiary alicyclic amines) is 1. The first kappa shape index (κ1) is 10.6. The molecule has 0 aliphatic carbocycles. The summed E-state index contributed by atoms with van der Waals surface area (Å²) >= 11 is 3.42. The molecule has 0 N–H and O–H groups in total. The first-order valence-electron chi connectivity index (χ1n) is 4.99. The van der Waals surface area contributed by atoms with Crippen molar-refractivity contribution in [3.8, 4) is 0 Å². The van der Waals surface area contributed by atoms with E-state index in [4.69, 9.17) is 0 Å². The van der Waals surface area contributed by atoms with Gasteiger partial charge in [-0.05, 0) is 19.1 Å². The van der Waals surface area contributed by atoms with Crippen LogP contribution in [0.5, 0.6) is 0 Å². The number of nitrogens with zero attached hydrogens (tertiary/aromatic N) is 2. The van der Waals surface area contributed by atoms with Crippen LogP contribution >= 0.6 is 15.9 Å². The van der Waals surface area contributed by atoms with Crippen molar-refractivity contribution in [3.63, 3.8) is 0 Å². The van der Waals surface area contributed by atoms with Crippen molar-refractivity contribution in [2.45, 2.75) is 6.92 Å². The van der Waals surface area contributed by atoms with Gasteiger partial charge in [0, 0.05) is 30.0 Å². The van der Waals surface area contributed by atoms with Crippen molar-refractivity contribution in [1.82, 2.24) is 9.88 Å². The molecule has 1 saturated heterocycles. The molecule has 1 aromatic heterocycles. The lowest BCUT2D eigenvalue weighted by Crippen LogP contribution is -2.50. The number of hydrogen-bond donors (Lipinski definition) is 0. The van der Waals surface area contributed by atoms with Gasteiger partial charge in [0.2, 0.25) is 0 Å². The molecule has 2 rings (SSSR count). The minimum Gasteiger partial charge on any atom is -0.337 e. The molecule has 1 aliphatic heterocycles. The number of carbonyl (C=O) groups excluding carboxylic acids is 1. The van der Waals surface area contributed by atoms with Crippen LogP contribution in [0.4, 0.5) is 0 Å². The number of pyridine rings is 1. The van der Waals surface area contributed by atoms with Gasteiger partial charge in [-0.15, -0.1) is 0 Å². The summed E-state index contributed by atoms with van der Waals surface area (Å²) in [5.41, 5.74) is 1.45. The minimum absolute atomic E-state index is 0.0518. The van der Waals surface area contributed by atoms with Gasteiger partial charge < -0.3 is 4.90 Å². The van der Waals surface area contributed by atoms with Crippen LogP contribution in [0.3, 0.4) is 0 Å². The number of hydrogen-bond acceptors (Lipinski definition) is 2. The van der Waals surface area contributed by atoms with Crippen LogP contribution in [-0.4, -0.2) is 34.2 Å². The summed E-state index contributed by atoms with van der Waals surface area (Å²) in [5.74, 6) is 0.662. The average Bonchev–Trinajstić information content (AvgIpc) is 2.16.